The molecule has 0 saturated heterocycles. The summed E-state index contributed by atoms with van der Waals surface area (Å²) in [4.78, 5) is 0.264. The highest BCUT2D eigenvalue weighted by atomic mass is 35.5. The molecule has 2 aromatic rings. The third-order valence-corrected chi connectivity index (χ3v) is 5.54. The Bertz CT molecular complexity index is 758. The lowest BCUT2D eigenvalue weighted by atomic mass is 10.2. The summed E-state index contributed by atoms with van der Waals surface area (Å²) in [6.07, 6.45) is 4.53. The van der Waals surface area contributed by atoms with Crippen molar-refractivity contribution in [2.24, 2.45) is 0 Å². The highest BCUT2D eigenvalue weighted by Crippen LogP contribution is 2.27. The van der Waals surface area contributed by atoms with Crippen molar-refractivity contribution in [3.63, 3.8) is 0 Å². The summed E-state index contributed by atoms with van der Waals surface area (Å²) < 4.78 is 26.8. The number of benzene rings is 1. The topological polar surface area (TPSA) is 39.1 Å². The second-order valence-corrected chi connectivity index (χ2v) is 7.21. The van der Waals surface area contributed by atoms with Gasteiger partial charge in [0.05, 0.1) is 9.92 Å². The van der Waals surface area contributed by atoms with Gasteiger partial charge >= 0.3 is 0 Å². The summed E-state index contributed by atoms with van der Waals surface area (Å²) in [5.74, 6) is 0. The number of allylic oxidation sites excluding steroid dienone is 1. The van der Waals surface area contributed by atoms with Gasteiger partial charge in [0.15, 0.2) is 0 Å². The van der Waals surface area contributed by atoms with Crippen molar-refractivity contribution in [2.45, 2.75) is 31.6 Å². The Morgan fingerprint density at radius 2 is 1.86 bits per heavy atom. The molecule has 0 aliphatic carbocycles. The van der Waals surface area contributed by atoms with Gasteiger partial charge in [-0.25, -0.2) is 12.4 Å². The molecule has 0 aliphatic rings. The number of aryl methyl sites for hydroxylation is 1. The van der Waals surface area contributed by atoms with Crippen molar-refractivity contribution in [1.29, 1.82) is 0 Å². The molecule has 21 heavy (non-hydrogen) atoms. The highest BCUT2D eigenvalue weighted by Gasteiger charge is 2.22. The van der Waals surface area contributed by atoms with Crippen LogP contribution in [0, 0.1) is 13.8 Å². The molecule has 0 bridgehead atoms. The monoisotopic (exact) mass is 323 g/mol. The Kier molecular flexibility index (Phi) is 4.59. The van der Waals surface area contributed by atoms with Gasteiger partial charge < -0.3 is 0 Å². The van der Waals surface area contributed by atoms with Gasteiger partial charge in [-0.1, -0.05) is 35.4 Å². The number of hydrogen-bond acceptors (Lipinski definition) is 2. The molecule has 0 N–H and O–H groups in total. The van der Waals surface area contributed by atoms with Crippen LogP contribution < -0.4 is 0 Å². The van der Waals surface area contributed by atoms with Crippen molar-refractivity contribution in [2.75, 3.05) is 0 Å². The molecule has 0 unspecified atom stereocenters. The van der Waals surface area contributed by atoms with Crippen molar-refractivity contribution in [3.8, 4) is 0 Å². The van der Waals surface area contributed by atoms with E-state index in [0.29, 0.717) is 23.6 Å². The molecule has 0 fully saturated rings. The molecule has 0 saturated carbocycles. The van der Waals surface area contributed by atoms with E-state index in [2.05, 4.69) is 6.58 Å². The first-order chi connectivity index (χ1) is 9.87. The van der Waals surface area contributed by atoms with Crippen LogP contribution in [-0.2, 0) is 16.4 Å². The maximum absolute atomic E-state index is 12.8. The van der Waals surface area contributed by atoms with Crippen molar-refractivity contribution < 1.29 is 8.42 Å². The molecule has 3 nitrogen and oxygen atoms in total. The van der Waals surface area contributed by atoms with E-state index in [4.69, 9.17) is 11.6 Å². The normalized spacial score (nSPS) is 11.6. The van der Waals surface area contributed by atoms with Crippen LogP contribution in [0.2, 0.25) is 5.02 Å². The van der Waals surface area contributed by atoms with Crippen LogP contribution in [0.25, 0.3) is 0 Å². The molecule has 0 amide bonds. The fraction of sp³-hybridized carbons (Fsp3) is 0.250. The Hall–Kier alpha value is -1.52. The van der Waals surface area contributed by atoms with Gasteiger partial charge in [-0.05, 0) is 44.4 Å². The van der Waals surface area contributed by atoms with E-state index in [0.717, 1.165) is 11.1 Å². The molecule has 2 rings (SSSR count). The lowest BCUT2D eigenvalue weighted by Gasteiger charge is -2.11. The van der Waals surface area contributed by atoms with Crippen LogP contribution in [0.3, 0.4) is 0 Å². The van der Waals surface area contributed by atoms with E-state index in [1.807, 2.05) is 13.8 Å². The molecule has 0 aliphatic heterocycles. The SMILES string of the molecule is C=CCCc1c(C)c(Cl)cn1S(=O)(=O)c1ccc(C)cc1. The van der Waals surface area contributed by atoms with E-state index >= 15 is 0 Å². The first-order valence-corrected chi connectivity index (χ1v) is 8.49. The van der Waals surface area contributed by atoms with Gasteiger partial charge in [-0.2, -0.15) is 0 Å². The molecular weight excluding hydrogens is 306 g/mol. The Morgan fingerprint density at radius 3 is 2.43 bits per heavy atom. The molecule has 0 atom stereocenters. The van der Waals surface area contributed by atoms with Gasteiger partial charge in [0, 0.05) is 11.9 Å². The minimum atomic E-state index is -3.62. The summed E-state index contributed by atoms with van der Waals surface area (Å²) in [6.45, 7) is 7.43. The fourth-order valence-electron chi connectivity index (χ4n) is 2.16. The van der Waals surface area contributed by atoms with Crippen LogP contribution in [0.5, 0.6) is 0 Å². The van der Waals surface area contributed by atoms with E-state index in [1.54, 1.807) is 30.3 Å². The van der Waals surface area contributed by atoms with E-state index < -0.39 is 10.0 Å². The number of nitrogens with zero attached hydrogens (tertiary/aromatic N) is 1. The van der Waals surface area contributed by atoms with Gasteiger partial charge in [0.2, 0.25) is 0 Å². The maximum Gasteiger partial charge on any atom is 0.267 e. The van der Waals surface area contributed by atoms with Crippen LogP contribution in [0.15, 0.2) is 48.0 Å². The summed E-state index contributed by atoms with van der Waals surface area (Å²) in [6, 6.07) is 6.80. The van der Waals surface area contributed by atoms with Gasteiger partial charge in [0.25, 0.3) is 10.0 Å². The number of aromatic nitrogens is 1. The zero-order valence-electron chi connectivity index (χ0n) is 12.1. The maximum atomic E-state index is 12.8. The predicted octanol–water partition coefficient (Wildman–Crippen LogP) is 4.11. The average molecular weight is 324 g/mol. The second kappa shape index (κ2) is 6.08. The number of hydrogen-bond donors (Lipinski definition) is 0. The minimum Gasteiger partial charge on any atom is -0.244 e. The zero-order valence-corrected chi connectivity index (χ0v) is 13.7. The predicted molar refractivity (Wildman–Crippen MR) is 86.5 cm³/mol. The van der Waals surface area contributed by atoms with Crippen LogP contribution >= 0.6 is 11.6 Å². The molecule has 1 aromatic heterocycles. The van der Waals surface area contributed by atoms with Gasteiger partial charge in [-0.3, -0.25) is 0 Å². The molecule has 1 heterocycles. The Labute approximate surface area is 130 Å². The first-order valence-electron chi connectivity index (χ1n) is 6.67. The van der Waals surface area contributed by atoms with Gasteiger partial charge in [0.1, 0.15) is 0 Å². The average Bonchev–Trinajstić information content (AvgIpc) is 2.74. The quantitative estimate of drug-likeness (QED) is 0.777. The van der Waals surface area contributed by atoms with Crippen molar-refractivity contribution >= 4 is 21.6 Å². The summed E-state index contributed by atoms with van der Waals surface area (Å²) in [5, 5.41) is 0.463. The van der Waals surface area contributed by atoms with Crippen molar-refractivity contribution in [3.05, 3.63) is 65.0 Å². The summed E-state index contributed by atoms with van der Waals surface area (Å²) >= 11 is 6.12. The van der Waals surface area contributed by atoms with Crippen LogP contribution in [0.4, 0.5) is 0 Å². The summed E-state index contributed by atoms with van der Waals surface area (Å²) in [5.41, 5.74) is 2.53. The molecule has 1 aromatic carbocycles. The molecule has 0 spiro atoms. The van der Waals surface area contributed by atoms with Crippen LogP contribution in [0.1, 0.15) is 23.2 Å². The lowest BCUT2D eigenvalue weighted by Crippen LogP contribution is -2.15. The van der Waals surface area contributed by atoms with E-state index in [9.17, 15) is 8.42 Å². The summed E-state index contributed by atoms with van der Waals surface area (Å²) in [7, 11) is -3.62. The fourth-order valence-corrected chi connectivity index (χ4v) is 3.89. The number of halogens is 1. The minimum absolute atomic E-state index is 0.264. The van der Waals surface area contributed by atoms with Gasteiger partial charge in [-0.15, -0.1) is 6.58 Å². The van der Waals surface area contributed by atoms with Crippen LogP contribution in [-0.4, -0.2) is 12.4 Å². The molecular formula is C16H18ClNO2S. The Morgan fingerprint density at radius 1 is 1.24 bits per heavy atom. The lowest BCUT2D eigenvalue weighted by molar-refractivity contribution is 0.585. The third kappa shape index (κ3) is 3.06. The standard InChI is InChI=1S/C16H18ClNO2S/c1-4-5-6-16-13(3)15(17)11-18(16)21(19,20)14-9-7-12(2)8-10-14/h4,7-11H,1,5-6H2,2-3H3. The Balaban J connectivity index is 2.56. The smallest absolute Gasteiger partial charge is 0.244 e. The molecule has 5 heteroatoms. The second-order valence-electron chi connectivity index (χ2n) is 4.99. The largest absolute Gasteiger partial charge is 0.267 e. The van der Waals surface area contributed by atoms with Crippen molar-refractivity contribution in [1.82, 2.24) is 3.97 Å². The third-order valence-electron chi connectivity index (χ3n) is 3.45. The van der Waals surface area contributed by atoms with E-state index in [-0.39, 0.29) is 4.90 Å². The first kappa shape index (κ1) is 15.9. The van der Waals surface area contributed by atoms with E-state index in [1.165, 1.54) is 10.2 Å². The molecule has 0 radical (unpaired) electrons. The molecule has 112 valence electrons. The number of rotatable bonds is 5. The zero-order chi connectivity index (χ0) is 15.6. The highest BCUT2D eigenvalue weighted by molar-refractivity contribution is 7.90.